The van der Waals surface area contributed by atoms with E-state index >= 15 is 0 Å². The maximum Gasteiger partial charge on any atom is 0.191 e. The van der Waals surface area contributed by atoms with Gasteiger partial charge in [-0.25, -0.2) is 4.98 Å². The summed E-state index contributed by atoms with van der Waals surface area (Å²) >= 11 is 5.79. The number of aromatic nitrogens is 1. The largest absolute Gasteiger partial charge is 0.357 e. The van der Waals surface area contributed by atoms with Gasteiger partial charge in [0, 0.05) is 25.3 Å². The minimum atomic E-state index is 0.535. The Labute approximate surface area is 138 Å². The van der Waals surface area contributed by atoms with E-state index in [1.54, 1.807) is 0 Å². The lowest BCUT2D eigenvalue weighted by Gasteiger charge is -2.18. The van der Waals surface area contributed by atoms with E-state index in [0.717, 1.165) is 32.0 Å². The van der Waals surface area contributed by atoms with Crippen LogP contribution in [0.4, 0.5) is 0 Å². The summed E-state index contributed by atoms with van der Waals surface area (Å²) in [4.78, 5) is 11.2. The molecule has 1 atom stereocenters. The zero-order valence-corrected chi connectivity index (χ0v) is 14.2. The number of pyridine rings is 1. The Balaban J connectivity index is 1.79. The molecule has 1 saturated heterocycles. The zero-order valence-electron chi connectivity index (χ0n) is 13.5. The molecule has 5 nitrogen and oxygen atoms in total. The molecule has 1 aromatic heterocycles. The molecule has 22 heavy (non-hydrogen) atoms. The van der Waals surface area contributed by atoms with Gasteiger partial charge in [-0.3, -0.25) is 4.99 Å². The normalized spacial score (nSPS) is 19.4. The lowest BCUT2D eigenvalue weighted by Crippen LogP contribution is -2.39. The van der Waals surface area contributed by atoms with Crippen molar-refractivity contribution in [1.82, 2.24) is 20.5 Å². The van der Waals surface area contributed by atoms with Crippen LogP contribution in [0, 0.1) is 0 Å². The molecular formula is C16H26ClN5. The number of hydrogen-bond acceptors (Lipinski definition) is 3. The van der Waals surface area contributed by atoms with Crippen LogP contribution in [0.5, 0.6) is 0 Å². The van der Waals surface area contributed by atoms with Crippen molar-refractivity contribution in [2.75, 3.05) is 33.2 Å². The highest BCUT2D eigenvalue weighted by atomic mass is 35.5. The highest BCUT2D eigenvalue weighted by Gasteiger charge is 2.20. The Morgan fingerprint density at radius 3 is 2.95 bits per heavy atom. The molecule has 122 valence electrons. The van der Waals surface area contributed by atoms with Crippen molar-refractivity contribution < 1.29 is 0 Å². The van der Waals surface area contributed by atoms with Crippen LogP contribution in [0.1, 0.15) is 25.3 Å². The Bertz CT molecular complexity index is 474. The van der Waals surface area contributed by atoms with Gasteiger partial charge in [0.2, 0.25) is 0 Å². The van der Waals surface area contributed by atoms with E-state index in [1.807, 2.05) is 18.3 Å². The second-order valence-corrected chi connectivity index (χ2v) is 6.05. The molecule has 0 radical (unpaired) electrons. The monoisotopic (exact) mass is 323 g/mol. The summed E-state index contributed by atoms with van der Waals surface area (Å²) in [5.74, 6) is 0.893. The van der Waals surface area contributed by atoms with Crippen LogP contribution in [-0.4, -0.2) is 55.1 Å². The minimum absolute atomic E-state index is 0.535. The van der Waals surface area contributed by atoms with Gasteiger partial charge in [-0.05, 0) is 51.4 Å². The first-order valence-corrected chi connectivity index (χ1v) is 8.39. The van der Waals surface area contributed by atoms with Gasteiger partial charge < -0.3 is 15.5 Å². The number of hydrogen-bond donors (Lipinski definition) is 2. The van der Waals surface area contributed by atoms with Gasteiger partial charge in [-0.2, -0.15) is 0 Å². The van der Waals surface area contributed by atoms with Crippen molar-refractivity contribution in [2.45, 2.75) is 32.2 Å². The fourth-order valence-electron chi connectivity index (χ4n) is 2.63. The van der Waals surface area contributed by atoms with Gasteiger partial charge in [-0.15, -0.1) is 0 Å². The summed E-state index contributed by atoms with van der Waals surface area (Å²) in [5, 5.41) is 7.22. The van der Waals surface area contributed by atoms with Crippen molar-refractivity contribution in [3.8, 4) is 0 Å². The first kappa shape index (κ1) is 17.0. The Hall–Kier alpha value is -1.33. The van der Waals surface area contributed by atoms with Gasteiger partial charge in [0.15, 0.2) is 5.96 Å². The number of nitrogens with zero attached hydrogens (tertiary/aromatic N) is 3. The van der Waals surface area contributed by atoms with Crippen LogP contribution in [0.3, 0.4) is 0 Å². The molecule has 0 aliphatic carbocycles. The molecule has 1 unspecified atom stereocenters. The Kier molecular flexibility index (Phi) is 6.93. The quantitative estimate of drug-likeness (QED) is 0.477. The number of likely N-dealkylation sites (tertiary alicyclic amines) is 1. The van der Waals surface area contributed by atoms with Gasteiger partial charge in [-0.1, -0.05) is 17.7 Å². The van der Waals surface area contributed by atoms with Crippen LogP contribution in [0.15, 0.2) is 23.3 Å². The van der Waals surface area contributed by atoms with Crippen LogP contribution in [0.25, 0.3) is 0 Å². The maximum atomic E-state index is 5.79. The van der Waals surface area contributed by atoms with Crippen LogP contribution < -0.4 is 10.6 Å². The molecule has 1 aromatic rings. The summed E-state index contributed by atoms with van der Waals surface area (Å²) in [6.07, 6.45) is 5.25. The van der Waals surface area contributed by atoms with Crippen molar-refractivity contribution in [3.63, 3.8) is 0 Å². The molecule has 2 rings (SSSR count). The third kappa shape index (κ3) is 5.46. The summed E-state index contributed by atoms with van der Waals surface area (Å²) in [6, 6.07) is 4.41. The first-order chi connectivity index (χ1) is 10.7. The van der Waals surface area contributed by atoms with Crippen molar-refractivity contribution in [1.29, 1.82) is 0 Å². The molecule has 0 amide bonds. The van der Waals surface area contributed by atoms with Gasteiger partial charge in [0.25, 0.3) is 0 Å². The Morgan fingerprint density at radius 2 is 2.32 bits per heavy atom. The molecule has 2 N–H and O–H groups in total. The van der Waals surface area contributed by atoms with Crippen molar-refractivity contribution in [3.05, 3.63) is 29.0 Å². The third-order valence-corrected chi connectivity index (χ3v) is 4.19. The van der Waals surface area contributed by atoms with E-state index in [9.17, 15) is 0 Å². The van der Waals surface area contributed by atoms with E-state index in [2.05, 4.69) is 34.5 Å². The lowest BCUT2D eigenvalue weighted by molar-refractivity contribution is 0.317. The number of likely N-dealkylation sites (N-methyl/N-ethyl adjacent to an activating group) is 1. The molecular weight excluding hydrogens is 298 g/mol. The second kappa shape index (κ2) is 8.96. The van der Waals surface area contributed by atoms with Crippen molar-refractivity contribution >= 4 is 17.6 Å². The molecule has 0 spiro atoms. The average Bonchev–Trinajstić information content (AvgIpc) is 2.92. The number of rotatable bonds is 6. The summed E-state index contributed by atoms with van der Waals surface area (Å²) in [5.41, 5.74) is 1.17. The third-order valence-electron chi connectivity index (χ3n) is 3.97. The van der Waals surface area contributed by atoms with E-state index < -0.39 is 0 Å². The molecule has 0 bridgehead atoms. The lowest BCUT2D eigenvalue weighted by atomic mass is 10.2. The maximum absolute atomic E-state index is 5.79. The highest BCUT2D eigenvalue weighted by molar-refractivity contribution is 6.29. The topological polar surface area (TPSA) is 52.6 Å². The molecule has 0 aromatic carbocycles. The number of guanidine groups is 1. The number of halogens is 1. The molecule has 6 heteroatoms. The summed E-state index contributed by atoms with van der Waals surface area (Å²) in [7, 11) is 2.18. The molecule has 1 aliphatic rings. The molecule has 2 heterocycles. The molecule has 1 fully saturated rings. The minimum Gasteiger partial charge on any atom is -0.357 e. The summed E-state index contributed by atoms with van der Waals surface area (Å²) < 4.78 is 0. The van der Waals surface area contributed by atoms with Gasteiger partial charge in [0.1, 0.15) is 5.15 Å². The van der Waals surface area contributed by atoms with Crippen molar-refractivity contribution in [2.24, 2.45) is 4.99 Å². The molecule has 0 saturated carbocycles. The van der Waals surface area contributed by atoms with E-state index in [1.165, 1.54) is 24.9 Å². The second-order valence-electron chi connectivity index (χ2n) is 5.66. The predicted octanol–water partition coefficient (Wildman–Crippen LogP) is 1.93. The SMILES string of the molecule is CCNC(=NCC1CCCN1C)NCCc1ccc(Cl)nc1. The standard InChI is InChI=1S/C16H26ClN5/c1-3-18-16(21-12-14-5-4-10-22(14)2)19-9-8-13-6-7-15(17)20-11-13/h6-7,11,14H,3-5,8-10,12H2,1-2H3,(H2,18,19,21). The smallest absolute Gasteiger partial charge is 0.191 e. The Morgan fingerprint density at radius 1 is 1.45 bits per heavy atom. The number of aliphatic imine (C=N–C) groups is 1. The predicted molar refractivity (Wildman–Crippen MR) is 92.6 cm³/mol. The summed E-state index contributed by atoms with van der Waals surface area (Å²) in [6.45, 7) is 5.83. The average molecular weight is 324 g/mol. The fourth-order valence-corrected chi connectivity index (χ4v) is 2.74. The zero-order chi connectivity index (χ0) is 15.8. The fraction of sp³-hybridized carbons (Fsp3) is 0.625. The van der Waals surface area contributed by atoms with Crippen LogP contribution >= 0.6 is 11.6 Å². The highest BCUT2D eigenvalue weighted by Crippen LogP contribution is 2.14. The van der Waals surface area contributed by atoms with E-state index in [4.69, 9.17) is 16.6 Å². The first-order valence-electron chi connectivity index (χ1n) is 8.02. The molecule has 1 aliphatic heterocycles. The van der Waals surface area contributed by atoms with Gasteiger partial charge in [0.05, 0.1) is 6.54 Å². The van der Waals surface area contributed by atoms with E-state index in [-0.39, 0.29) is 0 Å². The van der Waals surface area contributed by atoms with Crippen LogP contribution in [0.2, 0.25) is 5.15 Å². The van der Waals surface area contributed by atoms with Crippen LogP contribution in [-0.2, 0) is 6.42 Å². The van der Waals surface area contributed by atoms with Gasteiger partial charge >= 0.3 is 0 Å². The number of nitrogens with one attached hydrogen (secondary N) is 2. The van der Waals surface area contributed by atoms with E-state index in [0.29, 0.717) is 11.2 Å².